The van der Waals surface area contributed by atoms with Gasteiger partial charge in [0, 0.05) is 37.4 Å². The van der Waals surface area contributed by atoms with E-state index >= 15 is 0 Å². The fourth-order valence-electron chi connectivity index (χ4n) is 14.7. The summed E-state index contributed by atoms with van der Waals surface area (Å²) in [7, 11) is -5.28. The first-order valence-corrected chi connectivity index (χ1v) is 30.8. The van der Waals surface area contributed by atoms with E-state index in [0.717, 1.165) is 103 Å². The number of amides is 6. The molecule has 0 aromatic rings. The van der Waals surface area contributed by atoms with Crippen molar-refractivity contribution in [3.05, 3.63) is 0 Å². The van der Waals surface area contributed by atoms with Crippen LogP contribution in [0.5, 0.6) is 0 Å². The number of methoxy groups -OCH3 is 1. The Hall–Kier alpha value is -3.68. The molecule has 0 aromatic heterocycles. The number of hydrogen-bond donors (Lipinski definition) is 5. The molecule has 2 heterocycles. The number of carboxylic acids is 1. The lowest BCUT2D eigenvalue weighted by Crippen LogP contribution is -2.62. The van der Waals surface area contributed by atoms with Crippen LogP contribution in [0.2, 0.25) is 0 Å². The largest absolute Gasteiger partial charge is 0.480 e. The first-order chi connectivity index (χ1) is 33.2. The van der Waals surface area contributed by atoms with Gasteiger partial charge in [0.15, 0.2) is 0 Å². The van der Waals surface area contributed by atoms with Gasteiger partial charge in [-0.25, -0.2) is 36.0 Å². The van der Waals surface area contributed by atoms with Crippen LogP contribution in [0.3, 0.4) is 0 Å². The van der Waals surface area contributed by atoms with Crippen LogP contribution in [0.1, 0.15) is 171 Å². The third-order valence-electron chi connectivity index (χ3n) is 18.5. The maximum Gasteiger partial charge on any atom is 0.328 e. The van der Waals surface area contributed by atoms with E-state index in [-0.39, 0.29) is 84.5 Å². The molecule has 8 fully saturated rings. The predicted molar refractivity (Wildman–Crippen MR) is 281 cm³/mol. The van der Waals surface area contributed by atoms with Gasteiger partial charge in [-0.05, 0) is 85.9 Å². The Morgan fingerprint density at radius 3 is 1.22 bits per heavy atom. The van der Waals surface area contributed by atoms with E-state index in [1.807, 2.05) is 0 Å². The Labute approximate surface area is 437 Å². The minimum atomic E-state index is -3.32. The van der Waals surface area contributed by atoms with Crippen LogP contribution >= 0.6 is 0 Å². The minimum absolute atomic E-state index is 0. The number of nitrogens with one attached hydrogen (secondary N) is 4. The third kappa shape index (κ3) is 13.7. The number of fused-ring (bicyclic) bond motifs is 2. The molecule has 2 unspecified atom stereocenters. The van der Waals surface area contributed by atoms with Gasteiger partial charge in [-0.2, -0.15) is 0 Å². The number of carboxylic acid groups (broad SMARTS) is 1. The molecule has 73 heavy (non-hydrogen) atoms. The normalized spacial score (nSPS) is 29.6. The summed E-state index contributed by atoms with van der Waals surface area (Å²) in [6.45, 7) is 9.23. The number of carbonyl (C=O) groups is 6. The molecular weight excluding hydrogens is 977 g/mol. The molecule has 18 nitrogen and oxygen atoms in total. The lowest BCUT2D eigenvalue weighted by atomic mass is 9.82. The molecule has 20 heteroatoms. The highest BCUT2D eigenvalue weighted by molar-refractivity contribution is 7.91. The topological polar surface area (TPSA) is 255 Å². The Balaban J connectivity index is 0.000000264. The summed E-state index contributed by atoms with van der Waals surface area (Å²) in [5, 5.41) is 21.7. The molecule has 8 atom stereocenters. The zero-order chi connectivity index (χ0) is 51.9. The van der Waals surface area contributed by atoms with Crippen LogP contribution in [-0.4, -0.2) is 147 Å². The van der Waals surface area contributed by atoms with Crippen molar-refractivity contribution in [2.75, 3.05) is 44.2 Å². The molecule has 0 aromatic carbocycles. The number of rotatable bonds is 14. The standard InChI is InChI=1S/C26H43N3O6S.C25H41N3O6S.2CH4/c1-25(2)18-15-29(21(19(18)25)23(31)35-3)22(30)20(17-11-7-5-8-12-17)27-24(32)28-26(16-36(4,33)34)13-9-6-10-14-26;1-24(2)17-14-28(20(18(17)24)22(30)31)21(29)19(16-10-6-4-7-11-16)26-23(32)27-25(15-35(3,33)34)12-8-5-9-13-25;;/h17-21H,5-16H2,1-4H3,(H2,27,28,32);16-20H,4-15H2,1-3H3,(H,30,31)(H2,26,27,32);2*1H4/t18?,19-,20-,21-;17?,18-,19-,20-;;/m00../s1. The van der Waals surface area contributed by atoms with Crippen molar-refractivity contribution >= 4 is 55.5 Å². The van der Waals surface area contributed by atoms with Crippen molar-refractivity contribution in [1.82, 2.24) is 31.1 Å². The molecule has 6 saturated carbocycles. The Kier molecular flexibility index (Phi) is 19.2. The number of aliphatic carboxylic acids is 1. The first-order valence-electron chi connectivity index (χ1n) is 26.7. The van der Waals surface area contributed by atoms with E-state index in [2.05, 4.69) is 49.0 Å². The molecule has 6 amide bonds. The highest BCUT2D eigenvalue weighted by Gasteiger charge is 2.71. The van der Waals surface area contributed by atoms with Gasteiger partial charge < -0.3 is 40.9 Å². The quantitative estimate of drug-likeness (QED) is 0.118. The highest BCUT2D eigenvalue weighted by Crippen LogP contribution is 2.66. The fourth-order valence-corrected chi connectivity index (χ4v) is 17.4. The van der Waals surface area contributed by atoms with Gasteiger partial charge in [0.2, 0.25) is 11.8 Å². The van der Waals surface area contributed by atoms with Gasteiger partial charge in [0.1, 0.15) is 43.8 Å². The number of urea groups is 2. The average Bonchev–Trinajstić information content (AvgIpc) is 3.74. The van der Waals surface area contributed by atoms with Gasteiger partial charge >= 0.3 is 24.0 Å². The maximum atomic E-state index is 14.0. The molecule has 0 radical (unpaired) electrons. The predicted octanol–water partition coefficient (Wildman–Crippen LogP) is 6.46. The number of piperidine rings is 2. The Bertz CT molecular complexity index is 2230. The van der Waals surface area contributed by atoms with Crippen molar-refractivity contribution in [3.63, 3.8) is 0 Å². The number of esters is 1. The van der Waals surface area contributed by atoms with E-state index in [9.17, 15) is 50.7 Å². The van der Waals surface area contributed by atoms with Crippen LogP contribution in [-0.2, 0) is 43.6 Å². The Morgan fingerprint density at radius 1 is 0.562 bits per heavy atom. The summed E-state index contributed by atoms with van der Waals surface area (Å²) >= 11 is 0. The number of hydrogen-bond acceptors (Lipinski definition) is 11. The average molecular weight is 1070 g/mol. The van der Waals surface area contributed by atoms with E-state index in [0.29, 0.717) is 38.8 Å². The van der Waals surface area contributed by atoms with Crippen LogP contribution in [0.25, 0.3) is 0 Å². The lowest BCUT2D eigenvalue weighted by molar-refractivity contribution is -0.154. The summed E-state index contributed by atoms with van der Waals surface area (Å²) in [4.78, 5) is 82.4. The second-order valence-electron chi connectivity index (χ2n) is 24.4. The van der Waals surface area contributed by atoms with Crippen molar-refractivity contribution in [1.29, 1.82) is 0 Å². The molecule has 2 aliphatic heterocycles. The first kappa shape index (κ1) is 60.2. The second kappa shape index (κ2) is 23.3. The van der Waals surface area contributed by atoms with E-state index < -0.39 is 78.9 Å². The summed E-state index contributed by atoms with van der Waals surface area (Å²) in [5.41, 5.74) is -1.76. The van der Waals surface area contributed by atoms with Gasteiger partial charge in [0.25, 0.3) is 0 Å². The smallest absolute Gasteiger partial charge is 0.328 e. The number of sulfone groups is 2. The summed E-state index contributed by atoms with van der Waals surface area (Å²) < 4.78 is 53.7. The number of likely N-dealkylation sites (tertiary alicyclic amines) is 2. The molecule has 5 N–H and O–H groups in total. The molecule has 2 saturated heterocycles. The van der Waals surface area contributed by atoms with Crippen LogP contribution in [0.4, 0.5) is 9.59 Å². The zero-order valence-electron chi connectivity index (χ0n) is 43.4. The van der Waals surface area contributed by atoms with Crippen molar-refractivity contribution in [2.45, 2.75) is 206 Å². The molecule has 6 aliphatic carbocycles. The molecular formula is C53H92N6O12S2. The van der Waals surface area contributed by atoms with E-state index in [1.54, 1.807) is 4.90 Å². The molecule has 8 rings (SSSR count). The van der Waals surface area contributed by atoms with Crippen molar-refractivity contribution in [2.24, 2.45) is 46.3 Å². The van der Waals surface area contributed by atoms with Crippen molar-refractivity contribution in [3.8, 4) is 0 Å². The van der Waals surface area contributed by atoms with Crippen LogP contribution in [0, 0.1) is 46.3 Å². The summed E-state index contributed by atoms with van der Waals surface area (Å²) in [6, 6.07) is -4.09. The lowest BCUT2D eigenvalue weighted by Gasteiger charge is -2.39. The molecule has 418 valence electrons. The Morgan fingerprint density at radius 2 is 0.890 bits per heavy atom. The highest BCUT2D eigenvalue weighted by atomic mass is 32.2. The van der Waals surface area contributed by atoms with Gasteiger partial charge in [0.05, 0.1) is 29.7 Å². The maximum absolute atomic E-state index is 14.0. The van der Waals surface area contributed by atoms with E-state index in [4.69, 9.17) is 4.74 Å². The van der Waals surface area contributed by atoms with Crippen LogP contribution < -0.4 is 21.3 Å². The van der Waals surface area contributed by atoms with Gasteiger partial charge in [-0.15, -0.1) is 0 Å². The SMILES string of the molecule is C.C.CC1(C)C2CN(C(=O)[C@@H](NC(=O)NC3(CS(C)(=O)=O)CCCCC3)C3CCCCC3)[C@H](C(=O)O)[C@H]21.COC(=O)[C@@H]1[C@@H]2C(CN1C(=O)[C@@H](NC(=O)NC1(CS(C)(=O)=O)CCCCC1)C1CCCCC1)C2(C)C. The third-order valence-corrected chi connectivity index (χ3v) is 20.6. The van der Waals surface area contributed by atoms with E-state index in [1.165, 1.54) is 24.5 Å². The number of nitrogens with zero attached hydrogens (tertiary/aromatic N) is 2. The summed E-state index contributed by atoms with van der Waals surface area (Å²) in [5.74, 6) is -1.83. The second-order valence-corrected chi connectivity index (χ2v) is 28.7. The van der Waals surface area contributed by atoms with Crippen molar-refractivity contribution < 1.29 is 55.4 Å². The fraction of sp³-hybridized carbons (Fsp3) is 0.887. The van der Waals surface area contributed by atoms with Crippen LogP contribution in [0.15, 0.2) is 0 Å². The molecule has 8 aliphatic rings. The number of carbonyl (C=O) groups excluding carboxylic acids is 5. The molecule has 0 spiro atoms. The summed E-state index contributed by atoms with van der Waals surface area (Å²) in [6.07, 6.45) is 19.5. The zero-order valence-corrected chi connectivity index (χ0v) is 45.0. The minimum Gasteiger partial charge on any atom is -0.480 e. The monoisotopic (exact) mass is 1070 g/mol. The van der Waals surface area contributed by atoms with Gasteiger partial charge in [-0.3, -0.25) is 9.59 Å². The van der Waals surface area contributed by atoms with Gasteiger partial charge in [-0.1, -0.05) is 120 Å². The number of ether oxygens (including phenoxy) is 1. The molecule has 0 bridgehead atoms.